The van der Waals surface area contributed by atoms with Crippen LogP contribution in [0.3, 0.4) is 0 Å². The van der Waals surface area contributed by atoms with E-state index in [1.165, 1.54) is 0 Å². The SMILES string of the molecule is O=C(NC1CCN(c2cnccn2)CC1)C1CCS(=O)(=O)C1. The predicted molar refractivity (Wildman–Crippen MR) is 82.2 cm³/mol. The molecule has 22 heavy (non-hydrogen) atoms. The lowest BCUT2D eigenvalue weighted by atomic mass is 10.0. The van der Waals surface area contributed by atoms with E-state index >= 15 is 0 Å². The van der Waals surface area contributed by atoms with Gasteiger partial charge in [-0.1, -0.05) is 0 Å². The number of carbonyl (C=O) groups is 1. The summed E-state index contributed by atoms with van der Waals surface area (Å²) in [6.45, 7) is 1.62. The van der Waals surface area contributed by atoms with E-state index in [2.05, 4.69) is 20.2 Å². The Morgan fingerprint density at radius 3 is 2.59 bits per heavy atom. The average molecular weight is 324 g/mol. The van der Waals surface area contributed by atoms with E-state index in [-0.39, 0.29) is 29.4 Å². The van der Waals surface area contributed by atoms with Crippen LogP contribution >= 0.6 is 0 Å². The summed E-state index contributed by atoms with van der Waals surface area (Å²) in [7, 11) is -3.01. The zero-order valence-corrected chi connectivity index (χ0v) is 13.1. The molecule has 8 heteroatoms. The molecular formula is C14H20N4O3S. The lowest BCUT2D eigenvalue weighted by Crippen LogP contribution is -2.46. The summed E-state index contributed by atoms with van der Waals surface area (Å²) in [6.07, 6.45) is 7.17. The number of anilines is 1. The number of nitrogens with zero attached hydrogens (tertiary/aromatic N) is 3. The average Bonchev–Trinajstić information content (AvgIpc) is 2.89. The lowest BCUT2D eigenvalue weighted by molar-refractivity contribution is -0.125. The van der Waals surface area contributed by atoms with Crippen LogP contribution in [0.2, 0.25) is 0 Å². The minimum atomic E-state index is -3.01. The first kappa shape index (κ1) is 15.2. The second-order valence-electron chi connectivity index (χ2n) is 5.93. The molecule has 120 valence electrons. The molecule has 3 heterocycles. The van der Waals surface area contributed by atoms with E-state index in [0.29, 0.717) is 6.42 Å². The van der Waals surface area contributed by atoms with Gasteiger partial charge in [0, 0.05) is 31.5 Å². The van der Waals surface area contributed by atoms with Crippen LogP contribution < -0.4 is 10.2 Å². The van der Waals surface area contributed by atoms with Gasteiger partial charge in [-0.25, -0.2) is 13.4 Å². The van der Waals surface area contributed by atoms with Gasteiger partial charge >= 0.3 is 0 Å². The topological polar surface area (TPSA) is 92.3 Å². The zero-order valence-electron chi connectivity index (χ0n) is 12.3. The highest BCUT2D eigenvalue weighted by Crippen LogP contribution is 2.20. The molecule has 0 spiro atoms. The van der Waals surface area contributed by atoms with E-state index in [0.717, 1.165) is 31.7 Å². The molecule has 0 bridgehead atoms. The molecule has 2 fully saturated rings. The van der Waals surface area contributed by atoms with Crippen molar-refractivity contribution in [3.05, 3.63) is 18.6 Å². The van der Waals surface area contributed by atoms with Crippen LogP contribution in [0, 0.1) is 5.92 Å². The molecule has 2 aliphatic rings. The smallest absolute Gasteiger partial charge is 0.224 e. The fraction of sp³-hybridized carbons (Fsp3) is 0.643. The van der Waals surface area contributed by atoms with Crippen molar-refractivity contribution in [2.75, 3.05) is 29.5 Å². The molecule has 1 unspecified atom stereocenters. The van der Waals surface area contributed by atoms with Gasteiger partial charge < -0.3 is 10.2 Å². The largest absolute Gasteiger partial charge is 0.355 e. The van der Waals surface area contributed by atoms with E-state index in [9.17, 15) is 13.2 Å². The fourth-order valence-electron chi connectivity index (χ4n) is 3.03. The van der Waals surface area contributed by atoms with Gasteiger partial charge in [-0.3, -0.25) is 9.78 Å². The summed E-state index contributed by atoms with van der Waals surface area (Å²) in [5, 5.41) is 3.00. The molecule has 0 saturated carbocycles. The van der Waals surface area contributed by atoms with Crippen molar-refractivity contribution in [3.8, 4) is 0 Å². The summed E-state index contributed by atoms with van der Waals surface area (Å²) < 4.78 is 22.9. The third-order valence-corrected chi connectivity index (χ3v) is 6.09. The number of nitrogens with one attached hydrogen (secondary N) is 1. The third-order valence-electron chi connectivity index (χ3n) is 4.32. The van der Waals surface area contributed by atoms with Crippen LogP contribution in [-0.2, 0) is 14.6 Å². The Hall–Kier alpha value is -1.70. The van der Waals surface area contributed by atoms with Crippen LogP contribution in [0.15, 0.2) is 18.6 Å². The number of carbonyl (C=O) groups excluding carboxylic acids is 1. The van der Waals surface area contributed by atoms with Crippen molar-refractivity contribution in [1.29, 1.82) is 0 Å². The van der Waals surface area contributed by atoms with E-state index in [1.54, 1.807) is 18.6 Å². The van der Waals surface area contributed by atoms with Crippen LogP contribution in [0.4, 0.5) is 5.82 Å². The Bertz CT molecular complexity index is 627. The Labute approximate surface area is 130 Å². The Morgan fingerprint density at radius 2 is 2.00 bits per heavy atom. The van der Waals surface area contributed by atoms with Gasteiger partial charge in [-0.15, -0.1) is 0 Å². The molecule has 1 N–H and O–H groups in total. The number of rotatable bonds is 3. The minimum Gasteiger partial charge on any atom is -0.355 e. The van der Waals surface area contributed by atoms with Crippen LogP contribution in [0.1, 0.15) is 19.3 Å². The minimum absolute atomic E-state index is 0.00270. The normalized spacial score (nSPS) is 25.1. The van der Waals surface area contributed by atoms with E-state index < -0.39 is 9.84 Å². The molecule has 2 aliphatic heterocycles. The molecule has 7 nitrogen and oxygen atoms in total. The maximum Gasteiger partial charge on any atom is 0.224 e. The summed E-state index contributed by atoms with van der Waals surface area (Å²) >= 11 is 0. The van der Waals surface area contributed by atoms with Gasteiger partial charge in [-0.05, 0) is 19.3 Å². The third kappa shape index (κ3) is 3.55. The highest BCUT2D eigenvalue weighted by atomic mass is 32.2. The monoisotopic (exact) mass is 324 g/mol. The summed E-state index contributed by atoms with van der Waals surface area (Å²) in [5.41, 5.74) is 0. The molecule has 1 amide bonds. The molecule has 1 atom stereocenters. The standard InChI is InChI=1S/C14H20N4O3S/c19-14(11-3-8-22(20,21)10-11)17-12-1-6-18(7-2-12)13-9-15-4-5-16-13/h4-5,9,11-12H,1-3,6-8,10H2,(H,17,19). The van der Waals surface area contributed by atoms with Crippen molar-refractivity contribution in [1.82, 2.24) is 15.3 Å². The highest BCUT2D eigenvalue weighted by molar-refractivity contribution is 7.91. The van der Waals surface area contributed by atoms with Gasteiger partial charge in [0.1, 0.15) is 5.82 Å². The zero-order chi connectivity index (χ0) is 15.6. The maximum absolute atomic E-state index is 12.1. The summed E-state index contributed by atoms with van der Waals surface area (Å²) in [6, 6.07) is 0.115. The van der Waals surface area contributed by atoms with E-state index in [4.69, 9.17) is 0 Å². The number of piperidine rings is 1. The van der Waals surface area contributed by atoms with Crippen molar-refractivity contribution in [2.45, 2.75) is 25.3 Å². The van der Waals surface area contributed by atoms with Crippen molar-refractivity contribution in [2.24, 2.45) is 5.92 Å². The summed E-state index contributed by atoms with van der Waals surface area (Å²) in [5.74, 6) is 0.504. The molecule has 0 aliphatic carbocycles. The molecule has 1 aromatic heterocycles. The van der Waals surface area contributed by atoms with Gasteiger partial charge in [0.25, 0.3) is 0 Å². The van der Waals surface area contributed by atoms with Crippen LogP contribution in [0.5, 0.6) is 0 Å². The predicted octanol–water partition coefficient (Wildman–Crippen LogP) is -0.00370. The number of hydrogen-bond acceptors (Lipinski definition) is 6. The Kier molecular flexibility index (Phi) is 4.28. The first-order valence-corrected chi connectivity index (χ1v) is 9.37. The molecule has 1 aromatic rings. The molecule has 0 radical (unpaired) electrons. The molecule has 3 rings (SSSR count). The summed E-state index contributed by atoms with van der Waals surface area (Å²) in [4.78, 5) is 22.6. The number of aromatic nitrogens is 2. The van der Waals surface area contributed by atoms with Crippen LogP contribution in [-0.4, -0.2) is 54.9 Å². The van der Waals surface area contributed by atoms with Crippen LogP contribution in [0.25, 0.3) is 0 Å². The molecular weight excluding hydrogens is 304 g/mol. The van der Waals surface area contributed by atoms with Crippen molar-refractivity contribution < 1.29 is 13.2 Å². The molecule has 2 saturated heterocycles. The van der Waals surface area contributed by atoms with Gasteiger partial charge in [0.2, 0.25) is 5.91 Å². The van der Waals surface area contributed by atoms with Gasteiger partial charge in [0.15, 0.2) is 9.84 Å². The molecule has 0 aromatic carbocycles. The number of hydrogen-bond donors (Lipinski definition) is 1. The Balaban J connectivity index is 1.49. The highest BCUT2D eigenvalue weighted by Gasteiger charge is 2.34. The first-order chi connectivity index (χ1) is 10.5. The van der Waals surface area contributed by atoms with Gasteiger partial charge in [0.05, 0.1) is 23.6 Å². The van der Waals surface area contributed by atoms with E-state index in [1.807, 2.05) is 0 Å². The van der Waals surface area contributed by atoms with Crippen molar-refractivity contribution in [3.63, 3.8) is 0 Å². The second kappa shape index (κ2) is 6.20. The van der Waals surface area contributed by atoms with Crippen molar-refractivity contribution >= 4 is 21.6 Å². The Morgan fingerprint density at radius 1 is 1.23 bits per heavy atom. The number of sulfone groups is 1. The number of amides is 1. The first-order valence-electron chi connectivity index (χ1n) is 7.55. The maximum atomic E-state index is 12.1. The fourth-order valence-corrected chi connectivity index (χ4v) is 4.77. The quantitative estimate of drug-likeness (QED) is 0.841. The lowest BCUT2D eigenvalue weighted by Gasteiger charge is -2.33. The van der Waals surface area contributed by atoms with Gasteiger partial charge in [-0.2, -0.15) is 0 Å². The second-order valence-corrected chi connectivity index (χ2v) is 8.16.